The summed E-state index contributed by atoms with van der Waals surface area (Å²) >= 11 is 0. The van der Waals surface area contributed by atoms with Gasteiger partial charge < -0.3 is 19.8 Å². The first-order valence-corrected chi connectivity index (χ1v) is 11.3. The molecule has 7 nitrogen and oxygen atoms in total. The summed E-state index contributed by atoms with van der Waals surface area (Å²) in [7, 11) is 0. The number of nitrogens with zero attached hydrogens (tertiary/aromatic N) is 1. The molecule has 4 aromatic carbocycles. The maximum atomic E-state index is 12.6. The average Bonchev–Trinajstić information content (AvgIpc) is 2.88. The van der Waals surface area contributed by atoms with Gasteiger partial charge in [-0.3, -0.25) is 9.59 Å². The number of aromatic nitrogens is 2. The Morgan fingerprint density at radius 1 is 0.886 bits per heavy atom. The molecule has 0 atom stereocenters. The molecule has 0 saturated carbocycles. The summed E-state index contributed by atoms with van der Waals surface area (Å²) in [6.07, 6.45) is 0. The number of hydrogen-bond donors (Lipinski definition) is 2. The number of carbonyl (C=O) groups is 1. The van der Waals surface area contributed by atoms with Crippen LogP contribution in [0, 0.1) is 0 Å². The quantitative estimate of drug-likeness (QED) is 0.346. The molecular formula is C28H23N3O4. The lowest BCUT2D eigenvalue weighted by Gasteiger charge is -2.14. The molecule has 0 aliphatic heterocycles. The summed E-state index contributed by atoms with van der Waals surface area (Å²) in [5, 5.41) is 5.44. The van der Waals surface area contributed by atoms with Gasteiger partial charge in [0.05, 0.1) is 17.5 Å². The van der Waals surface area contributed by atoms with E-state index in [0.29, 0.717) is 40.4 Å². The highest BCUT2D eigenvalue weighted by Crippen LogP contribution is 2.32. The molecule has 7 heteroatoms. The van der Waals surface area contributed by atoms with Crippen LogP contribution in [0.4, 0.5) is 5.69 Å². The number of ether oxygens (including phenoxy) is 2. The van der Waals surface area contributed by atoms with Gasteiger partial charge in [-0.25, -0.2) is 4.98 Å². The van der Waals surface area contributed by atoms with E-state index < -0.39 is 0 Å². The van der Waals surface area contributed by atoms with Crippen molar-refractivity contribution in [2.45, 2.75) is 6.92 Å². The number of benzene rings is 4. The normalized spacial score (nSPS) is 10.9. The van der Waals surface area contributed by atoms with Crippen molar-refractivity contribution in [2.75, 3.05) is 18.5 Å². The van der Waals surface area contributed by atoms with Crippen molar-refractivity contribution in [2.24, 2.45) is 0 Å². The van der Waals surface area contributed by atoms with Crippen LogP contribution in [0.25, 0.3) is 33.1 Å². The third-order valence-electron chi connectivity index (χ3n) is 5.55. The van der Waals surface area contributed by atoms with Crippen molar-refractivity contribution in [3.63, 3.8) is 0 Å². The standard InChI is InChI=1S/C28H23N3O4/c1-2-34-25-16-19(27-30-23-12-6-5-11-21(23)28(33)31-27)14-15-24(25)35-17-26(32)29-22-13-7-9-18-8-3-4-10-20(18)22/h3-16H,2,17H2,1H3,(H,29,32)(H,30,31,33). The van der Waals surface area contributed by atoms with E-state index in [0.717, 1.165) is 16.5 Å². The number of rotatable bonds is 7. The van der Waals surface area contributed by atoms with E-state index in [4.69, 9.17) is 9.47 Å². The molecule has 0 bridgehead atoms. The molecule has 174 valence electrons. The first-order valence-electron chi connectivity index (χ1n) is 11.3. The second kappa shape index (κ2) is 9.69. The van der Waals surface area contributed by atoms with Crippen LogP contribution < -0.4 is 20.3 Å². The number of H-pyrrole nitrogens is 1. The number of anilines is 1. The Morgan fingerprint density at radius 2 is 1.66 bits per heavy atom. The lowest BCUT2D eigenvalue weighted by Crippen LogP contribution is -2.20. The van der Waals surface area contributed by atoms with E-state index in [1.54, 1.807) is 36.4 Å². The first-order chi connectivity index (χ1) is 17.1. The molecule has 0 aliphatic rings. The minimum atomic E-state index is -0.284. The van der Waals surface area contributed by atoms with Crippen LogP contribution in [0.1, 0.15) is 6.92 Å². The molecule has 1 heterocycles. The SMILES string of the molecule is CCOc1cc(-c2nc3ccccc3c(=O)[nH]2)ccc1OCC(=O)Nc1cccc2ccccc12. The Labute approximate surface area is 201 Å². The monoisotopic (exact) mass is 465 g/mol. The Morgan fingerprint density at radius 3 is 2.51 bits per heavy atom. The summed E-state index contributed by atoms with van der Waals surface area (Å²) in [5.74, 6) is 1.02. The Kier molecular flexibility index (Phi) is 6.13. The van der Waals surface area contributed by atoms with E-state index in [-0.39, 0.29) is 18.1 Å². The van der Waals surface area contributed by atoms with Gasteiger partial charge in [0.1, 0.15) is 5.82 Å². The largest absolute Gasteiger partial charge is 0.490 e. The number of nitrogens with one attached hydrogen (secondary N) is 2. The fourth-order valence-corrected chi connectivity index (χ4v) is 3.93. The molecule has 1 amide bonds. The molecule has 0 spiro atoms. The van der Waals surface area contributed by atoms with Crippen LogP contribution in [-0.4, -0.2) is 29.1 Å². The van der Waals surface area contributed by atoms with Crippen LogP contribution in [0.3, 0.4) is 0 Å². The Hall–Kier alpha value is -4.65. The van der Waals surface area contributed by atoms with E-state index in [1.807, 2.05) is 55.5 Å². The topological polar surface area (TPSA) is 93.3 Å². The Bertz CT molecular complexity index is 1590. The molecule has 2 N–H and O–H groups in total. The molecule has 0 aliphatic carbocycles. The van der Waals surface area contributed by atoms with Gasteiger partial charge in [-0.05, 0) is 48.7 Å². The van der Waals surface area contributed by atoms with E-state index in [1.165, 1.54) is 0 Å². The fraction of sp³-hybridized carbons (Fsp3) is 0.107. The minimum Gasteiger partial charge on any atom is -0.490 e. The third kappa shape index (κ3) is 4.70. The van der Waals surface area contributed by atoms with E-state index in [9.17, 15) is 9.59 Å². The molecule has 5 rings (SSSR count). The van der Waals surface area contributed by atoms with Crippen LogP contribution in [0.15, 0.2) is 89.7 Å². The van der Waals surface area contributed by atoms with Crippen LogP contribution in [0.2, 0.25) is 0 Å². The lowest BCUT2D eigenvalue weighted by atomic mass is 10.1. The molecule has 0 saturated heterocycles. The average molecular weight is 466 g/mol. The third-order valence-corrected chi connectivity index (χ3v) is 5.55. The lowest BCUT2D eigenvalue weighted by molar-refractivity contribution is -0.118. The summed E-state index contributed by atoms with van der Waals surface area (Å²) in [6, 6.07) is 26.0. The van der Waals surface area contributed by atoms with Crippen LogP contribution in [-0.2, 0) is 4.79 Å². The number of fused-ring (bicyclic) bond motifs is 2. The van der Waals surface area contributed by atoms with Gasteiger partial charge in [-0.15, -0.1) is 0 Å². The number of hydrogen-bond acceptors (Lipinski definition) is 5. The second-order valence-electron chi connectivity index (χ2n) is 7.89. The smallest absolute Gasteiger partial charge is 0.262 e. The predicted molar refractivity (Wildman–Crippen MR) is 137 cm³/mol. The van der Waals surface area contributed by atoms with Crippen molar-refractivity contribution in [3.05, 3.63) is 95.3 Å². The number of carbonyl (C=O) groups excluding carboxylic acids is 1. The summed E-state index contributed by atoms with van der Waals surface area (Å²) in [5.41, 5.74) is 1.79. The molecule has 5 aromatic rings. The van der Waals surface area contributed by atoms with Crippen LogP contribution in [0.5, 0.6) is 11.5 Å². The minimum absolute atomic E-state index is 0.187. The second-order valence-corrected chi connectivity index (χ2v) is 7.89. The van der Waals surface area contributed by atoms with Crippen molar-refractivity contribution in [1.82, 2.24) is 9.97 Å². The zero-order chi connectivity index (χ0) is 24.2. The van der Waals surface area contributed by atoms with E-state index >= 15 is 0 Å². The molecular weight excluding hydrogens is 442 g/mol. The molecule has 35 heavy (non-hydrogen) atoms. The van der Waals surface area contributed by atoms with E-state index in [2.05, 4.69) is 15.3 Å². The molecule has 0 unspecified atom stereocenters. The predicted octanol–water partition coefficient (Wildman–Crippen LogP) is 5.16. The number of amides is 1. The number of para-hydroxylation sites is 1. The molecule has 0 radical (unpaired) electrons. The van der Waals surface area contributed by atoms with Crippen molar-refractivity contribution in [3.8, 4) is 22.9 Å². The summed E-state index contributed by atoms with van der Waals surface area (Å²) < 4.78 is 11.5. The highest BCUT2D eigenvalue weighted by atomic mass is 16.5. The fourth-order valence-electron chi connectivity index (χ4n) is 3.93. The highest BCUT2D eigenvalue weighted by Gasteiger charge is 2.13. The Balaban J connectivity index is 1.36. The first kappa shape index (κ1) is 22.2. The van der Waals surface area contributed by atoms with Gasteiger partial charge in [-0.1, -0.05) is 48.5 Å². The van der Waals surface area contributed by atoms with Crippen molar-refractivity contribution >= 4 is 33.3 Å². The van der Waals surface area contributed by atoms with Gasteiger partial charge in [0.2, 0.25) is 0 Å². The summed E-state index contributed by atoms with van der Waals surface area (Å²) in [4.78, 5) is 32.5. The van der Waals surface area contributed by atoms with Gasteiger partial charge in [0, 0.05) is 16.6 Å². The van der Waals surface area contributed by atoms with Gasteiger partial charge in [0.25, 0.3) is 11.5 Å². The zero-order valence-corrected chi connectivity index (χ0v) is 19.1. The molecule has 0 fully saturated rings. The van der Waals surface area contributed by atoms with Crippen molar-refractivity contribution < 1.29 is 14.3 Å². The highest BCUT2D eigenvalue weighted by molar-refractivity contribution is 6.02. The van der Waals surface area contributed by atoms with Crippen LogP contribution >= 0.6 is 0 Å². The number of aromatic amines is 1. The molecule has 1 aromatic heterocycles. The van der Waals surface area contributed by atoms with Gasteiger partial charge >= 0.3 is 0 Å². The maximum Gasteiger partial charge on any atom is 0.262 e. The summed E-state index contributed by atoms with van der Waals surface area (Å²) in [6.45, 7) is 2.08. The zero-order valence-electron chi connectivity index (χ0n) is 19.1. The van der Waals surface area contributed by atoms with Gasteiger partial charge in [-0.2, -0.15) is 0 Å². The van der Waals surface area contributed by atoms with Crippen molar-refractivity contribution in [1.29, 1.82) is 0 Å². The maximum absolute atomic E-state index is 12.6. The van der Waals surface area contributed by atoms with Gasteiger partial charge in [0.15, 0.2) is 18.1 Å².